The van der Waals surface area contributed by atoms with E-state index in [1.165, 1.54) is 5.69 Å². The minimum Gasteiger partial charge on any atom is -0.372 e. The van der Waals surface area contributed by atoms with Crippen molar-refractivity contribution in [3.05, 3.63) is 30.3 Å². The summed E-state index contributed by atoms with van der Waals surface area (Å²) in [5, 5.41) is 3.27. The maximum atomic E-state index is 12.1. The summed E-state index contributed by atoms with van der Waals surface area (Å²) in [6, 6.07) is 10.4. The van der Waals surface area contributed by atoms with Crippen LogP contribution in [0.1, 0.15) is 19.8 Å². The van der Waals surface area contributed by atoms with Crippen molar-refractivity contribution in [1.29, 1.82) is 0 Å². The van der Waals surface area contributed by atoms with Crippen LogP contribution >= 0.6 is 0 Å². The second-order valence-electron chi connectivity index (χ2n) is 5.15. The first kappa shape index (κ1) is 14.9. The molecule has 0 bridgehead atoms. The van der Waals surface area contributed by atoms with Crippen LogP contribution in [-0.2, 0) is 4.79 Å². The van der Waals surface area contributed by atoms with Crippen molar-refractivity contribution >= 4 is 11.6 Å². The third kappa shape index (κ3) is 4.23. The number of anilines is 1. The number of nitrogens with one attached hydrogen (secondary N) is 1. The molecule has 1 heterocycles. The molecular formula is C16H25N3O. The molecule has 0 atom stereocenters. The SMILES string of the molecule is CCN(CCCC(=O)N1CCNCC1)c1ccccc1. The van der Waals surface area contributed by atoms with Crippen molar-refractivity contribution in [2.45, 2.75) is 19.8 Å². The lowest BCUT2D eigenvalue weighted by Crippen LogP contribution is -2.46. The second-order valence-corrected chi connectivity index (χ2v) is 5.15. The standard InChI is InChI=1S/C16H25N3O/c1-2-18(15-7-4-3-5-8-15)12-6-9-16(20)19-13-10-17-11-14-19/h3-5,7-8,17H,2,6,9-14H2,1H3. The van der Waals surface area contributed by atoms with Crippen LogP contribution in [0.15, 0.2) is 30.3 Å². The highest BCUT2D eigenvalue weighted by atomic mass is 16.2. The van der Waals surface area contributed by atoms with Gasteiger partial charge in [0, 0.05) is 51.4 Å². The van der Waals surface area contributed by atoms with Crippen molar-refractivity contribution in [3.63, 3.8) is 0 Å². The van der Waals surface area contributed by atoms with Gasteiger partial charge in [-0.15, -0.1) is 0 Å². The van der Waals surface area contributed by atoms with Gasteiger partial charge >= 0.3 is 0 Å². The number of carbonyl (C=O) groups is 1. The highest BCUT2D eigenvalue weighted by Crippen LogP contribution is 2.13. The summed E-state index contributed by atoms with van der Waals surface area (Å²) in [5.41, 5.74) is 1.24. The van der Waals surface area contributed by atoms with Gasteiger partial charge in [0.25, 0.3) is 0 Å². The first-order valence-corrected chi connectivity index (χ1v) is 7.59. The molecule has 2 rings (SSSR count). The molecule has 1 saturated heterocycles. The molecule has 1 aromatic rings. The van der Waals surface area contributed by atoms with Gasteiger partial charge < -0.3 is 15.1 Å². The van der Waals surface area contributed by atoms with Crippen LogP contribution in [-0.4, -0.2) is 50.1 Å². The second kappa shape index (κ2) is 7.90. The van der Waals surface area contributed by atoms with E-state index in [9.17, 15) is 4.79 Å². The molecule has 1 fully saturated rings. The Labute approximate surface area is 121 Å². The highest BCUT2D eigenvalue weighted by molar-refractivity contribution is 5.76. The van der Waals surface area contributed by atoms with Gasteiger partial charge in [0.2, 0.25) is 5.91 Å². The monoisotopic (exact) mass is 275 g/mol. The smallest absolute Gasteiger partial charge is 0.222 e. The minimum atomic E-state index is 0.301. The molecule has 4 nitrogen and oxygen atoms in total. The maximum Gasteiger partial charge on any atom is 0.222 e. The van der Waals surface area contributed by atoms with E-state index in [0.29, 0.717) is 12.3 Å². The number of hydrogen-bond acceptors (Lipinski definition) is 3. The summed E-state index contributed by atoms with van der Waals surface area (Å²) in [6.07, 6.45) is 1.58. The van der Waals surface area contributed by atoms with Gasteiger partial charge in [-0.05, 0) is 25.5 Å². The summed E-state index contributed by atoms with van der Waals surface area (Å²) >= 11 is 0. The molecule has 0 aromatic heterocycles. The van der Waals surface area contributed by atoms with Crippen LogP contribution in [0.2, 0.25) is 0 Å². The largest absolute Gasteiger partial charge is 0.372 e. The lowest BCUT2D eigenvalue weighted by molar-refractivity contribution is -0.131. The zero-order valence-corrected chi connectivity index (χ0v) is 12.3. The number of hydrogen-bond donors (Lipinski definition) is 1. The molecule has 1 N–H and O–H groups in total. The summed E-state index contributed by atoms with van der Waals surface area (Å²) in [5.74, 6) is 0.301. The normalized spacial score (nSPS) is 15.2. The fraction of sp³-hybridized carbons (Fsp3) is 0.562. The Morgan fingerprint density at radius 3 is 2.60 bits per heavy atom. The Morgan fingerprint density at radius 1 is 1.25 bits per heavy atom. The van der Waals surface area contributed by atoms with Gasteiger partial charge in [0.05, 0.1) is 0 Å². The van der Waals surface area contributed by atoms with Crippen LogP contribution in [0.4, 0.5) is 5.69 Å². The average Bonchev–Trinajstić information content (AvgIpc) is 2.53. The van der Waals surface area contributed by atoms with E-state index in [1.807, 2.05) is 11.0 Å². The summed E-state index contributed by atoms with van der Waals surface area (Å²) in [7, 11) is 0. The molecule has 1 aromatic carbocycles. The first-order valence-electron chi connectivity index (χ1n) is 7.59. The van der Waals surface area contributed by atoms with Crippen LogP contribution in [0.5, 0.6) is 0 Å². The third-order valence-corrected chi connectivity index (χ3v) is 3.79. The van der Waals surface area contributed by atoms with Crippen LogP contribution in [0.25, 0.3) is 0 Å². The number of nitrogens with zero attached hydrogens (tertiary/aromatic N) is 2. The van der Waals surface area contributed by atoms with E-state index in [4.69, 9.17) is 0 Å². The number of amides is 1. The van der Waals surface area contributed by atoms with Crippen LogP contribution in [0.3, 0.4) is 0 Å². The van der Waals surface area contributed by atoms with Gasteiger partial charge in [-0.3, -0.25) is 4.79 Å². The number of benzene rings is 1. The Bertz CT molecular complexity index is 401. The lowest BCUT2D eigenvalue weighted by atomic mass is 10.2. The molecule has 1 aliphatic heterocycles. The predicted molar refractivity (Wildman–Crippen MR) is 83.0 cm³/mol. The summed E-state index contributed by atoms with van der Waals surface area (Å²) in [6.45, 7) is 7.65. The van der Waals surface area contributed by atoms with Crippen molar-refractivity contribution in [1.82, 2.24) is 10.2 Å². The molecule has 0 radical (unpaired) electrons. The van der Waals surface area contributed by atoms with Crippen molar-refractivity contribution in [2.24, 2.45) is 0 Å². The van der Waals surface area contributed by atoms with E-state index in [2.05, 4.69) is 41.4 Å². The summed E-state index contributed by atoms with van der Waals surface area (Å²) < 4.78 is 0. The topological polar surface area (TPSA) is 35.6 Å². The number of para-hydroxylation sites is 1. The quantitative estimate of drug-likeness (QED) is 0.859. The number of carbonyl (C=O) groups excluding carboxylic acids is 1. The Morgan fingerprint density at radius 2 is 1.95 bits per heavy atom. The molecular weight excluding hydrogens is 250 g/mol. The number of rotatable bonds is 6. The Hall–Kier alpha value is -1.55. The van der Waals surface area contributed by atoms with E-state index in [1.54, 1.807) is 0 Å². The molecule has 4 heteroatoms. The molecule has 0 aliphatic carbocycles. The van der Waals surface area contributed by atoms with E-state index in [-0.39, 0.29) is 0 Å². The van der Waals surface area contributed by atoms with Crippen LogP contribution < -0.4 is 10.2 Å². The van der Waals surface area contributed by atoms with Crippen molar-refractivity contribution < 1.29 is 4.79 Å². The van der Waals surface area contributed by atoms with Gasteiger partial charge in [0.1, 0.15) is 0 Å². The fourth-order valence-corrected chi connectivity index (χ4v) is 2.60. The van der Waals surface area contributed by atoms with Gasteiger partial charge in [-0.1, -0.05) is 18.2 Å². The Kier molecular flexibility index (Phi) is 5.87. The van der Waals surface area contributed by atoms with Crippen LogP contribution in [0, 0.1) is 0 Å². The van der Waals surface area contributed by atoms with Crippen molar-refractivity contribution in [2.75, 3.05) is 44.2 Å². The zero-order valence-electron chi connectivity index (χ0n) is 12.3. The molecule has 0 unspecified atom stereocenters. The highest BCUT2D eigenvalue weighted by Gasteiger charge is 2.15. The van der Waals surface area contributed by atoms with E-state index < -0.39 is 0 Å². The molecule has 20 heavy (non-hydrogen) atoms. The maximum absolute atomic E-state index is 12.1. The average molecular weight is 275 g/mol. The van der Waals surface area contributed by atoms with E-state index in [0.717, 1.165) is 45.7 Å². The predicted octanol–water partition coefficient (Wildman–Crippen LogP) is 1.72. The number of piperazine rings is 1. The van der Waals surface area contributed by atoms with E-state index >= 15 is 0 Å². The fourth-order valence-electron chi connectivity index (χ4n) is 2.60. The molecule has 1 amide bonds. The molecule has 0 saturated carbocycles. The summed E-state index contributed by atoms with van der Waals surface area (Å²) in [4.78, 5) is 16.4. The van der Waals surface area contributed by atoms with Gasteiger partial charge in [-0.2, -0.15) is 0 Å². The Balaban J connectivity index is 1.75. The third-order valence-electron chi connectivity index (χ3n) is 3.79. The molecule has 1 aliphatic rings. The molecule has 0 spiro atoms. The zero-order chi connectivity index (χ0) is 14.2. The van der Waals surface area contributed by atoms with Gasteiger partial charge in [0.15, 0.2) is 0 Å². The molecule has 110 valence electrons. The van der Waals surface area contributed by atoms with Crippen molar-refractivity contribution in [3.8, 4) is 0 Å². The first-order chi connectivity index (χ1) is 9.81. The minimum absolute atomic E-state index is 0.301. The van der Waals surface area contributed by atoms with Gasteiger partial charge in [-0.25, -0.2) is 0 Å². The lowest BCUT2D eigenvalue weighted by Gasteiger charge is -2.28.